The van der Waals surface area contributed by atoms with Gasteiger partial charge in [0.2, 0.25) is 0 Å². The van der Waals surface area contributed by atoms with Gasteiger partial charge in [-0.05, 0) is 41.8 Å². The monoisotopic (exact) mass is 290 g/mol. The molecule has 0 aromatic heterocycles. The Morgan fingerprint density at radius 1 is 0.955 bits per heavy atom. The van der Waals surface area contributed by atoms with Gasteiger partial charge >= 0.3 is 0 Å². The average Bonchev–Trinajstić information content (AvgIpc) is 2.51. The fourth-order valence-electron chi connectivity index (χ4n) is 3.08. The molecular weight excluding hydrogens is 272 g/mol. The lowest BCUT2D eigenvalue weighted by Crippen LogP contribution is -2.12. The number of phenolic OH excluding ortho intramolecular Hbond substituents is 1. The molecule has 0 radical (unpaired) electrons. The lowest BCUT2D eigenvalue weighted by Gasteiger charge is -2.20. The lowest BCUT2D eigenvalue weighted by atomic mass is 9.83. The number of benzene rings is 3. The fraction of sp³-hybridized carbons (Fsp3) is 0.150. The molecule has 0 heterocycles. The lowest BCUT2D eigenvalue weighted by molar-refractivity contribution is -0.117. The van der Waals surface area contributed by atoms with E-state index in [0.717, 1.165) is 21.9 Å². The zero-order chi connectivity index (χ0) is 15.7. The molecule has 0 aliphatic carbocycles. The van der Waals surface area contributed by atoms with E-state index < -0.39 is 5.92 Å². The molecule has 0 aliphatic heterocycles. The number of carbonyl (C=O) groups is 1. The number of carbonyl (C=O) groups excluding carboxylic acids is 1. The first-order valence-electron chi connectivity index (χ1n) is 7.36. The van der Waals surface area contributed by atoms with Gasteiger partial charge in [0.15, 0.2) is 0 Å². The Morgan fingerprint density at radius 3 is 2.36 bits per heavy atom. The van der Waals surface area contributed by atoms with E-state index in [-0.39, 0.29) is 11.5 Å². The highest BCUT2D eigenvalue weighted by Crippen LogP contribution is 2.38. The molecule has 3 aromatic rings. The molecule has 110 valence electrons. The van der Waals surface area contributed by atoms with E-state index in [1.165, 1.54) is 0 Å². The van der Waals surface area contributed by atoms with Crippen LogP contribution in [-0.2, 0) is 4.79 Å². The molecule has 0 saturated heterocycles. The Morgan fingerprint density at radius 2 is 1.64 bits per heavy atom. The van der Waals surface area contributed by atoms with Gasteiger partial charge in [-0.3, -0.25) is 4.79 Å². The standard InChI is InChI=1S/C20H18O2/c1-13-7-3-5-9-16(13)19(14(2)21)20-17-10-6-4-8-15(17)11-12-18(20)22/h3-12,19,22H,1-2H3. The van der Waals surface area contributed by atoms with Crippen LogP contribution in [0.4, 0.5) is 0 Å². The second-order valence-corrected chi connectivity index (χ2v) is 5.62. The largest absolute Gasteiger partial charge is 0.508 e. The molecule has 0 bridgehead atoms. The minimum atomic E-state index is -0.452. The van der Waals surface area contributed by atoms with Gasteiger partial charge in [0, 0.05) is 5.56 Å². The molecule has 1 atom stereocenters. The summed E-state index contributed by atoms with van der Waals surface area (Å²) in [5.41, 5.74) is 2.69. The van der Waals surface area contributed by atoms with Gasteiger partial charge in [0.1, 0.15) is 11.5 Å². The van der Waals surface area contributed by atoms with Crippen LogP contribution in [0.1, 0.15) is 29.5 Å². The van der Waals surface area contributed by atoms with Crippen LogP contribution in [0.3, 0.4) is 0 Å². The number of rotatable bonds is 3. The molecule has 22 heavy (non-hydrogen) atoms. The van der Waals surface area contributed by atoms with Gasteiger partial charge in [-0.25, -0.2) is 0 Å². The van der Waals surface area contributed by atoms with Crippen LogP contribution in [0.15, 0.2) is 60.7 Å². The first-order chi connectivity index (χ1) is 10.6. The second-order valence-electron chi connectivity index (χ2n) is 5.62. The predicted molar refractivity (Wildman–Crippen MR) is 89.3 cm³/mol. The topological polar surface area (TPSA) is 37.3 Å². The van der Waals surface area contributed by atoms with Crippen molar-refractivity contribution in [3.63, 3.8) is 0 Å². The van der Waals surface area contributed by atoms with E-state index in [2.05, 4.69) is 0 Å². The van der Waals surface area contributed by atoms with Crippen molar-refractivity contribution in [1.29, 1.82) is 0 Å². The summed E-state index contributed by atoms with van der Waals surface area (Å²) < 4.78 is 0. The summed E-state index contributed by atoms with van der Waals surface area (Å²) in [5, 5.41) is 12.4. The quantitative estimate of drug-likeness (QED) is 0.767. The number of ketones is 1. The molecule has 1 unspecified atom stereocenters. The fourth-order valence-corrected chi connectivity index (χ4v) is 3.08. The molecule has 3 rings (SSSR count). The summed E-state index contributed by atoms with van der Waals surface area (Å²) in [6.45, 7) is 3.58. The number of phenols is 1. The van der Waals surface area contributed by atoms with Crippen LogP contribution in [0.25, 0.3) is 10.8 Å². The number of Topliss-reactive ketones (excluding diaryl/α,β-unsaturated/α-hetero) is 1. The summed E-state index contributed by atoms with van der Waals surface area (Å²) in [6.07, 6.45) is 0. The normalized spacial score (nSPS) is 12.3. The molecule has 0 fully saturated rings. The second kappa shape index (κ2) is 5.64. The Balaban J connectivity index is 2.33. The van der Waals surface area contributed by atoms with Crippen molar-refractivity contribution in [2.75, 3.05) is 0 Å². The average molecular weight is 290 g/mol. The minimum Gasteiger partial charge on any atom is -0.508 e. The maximum absolute atomic E-state index is 12.4. The molecule has 0 saturated carbocycles. The van der Waals surface area contributed by atoms with Crippen LogP contribution < -0.4 is 0 Å². The third-order valence-corrected chi connectivity index (χ3v) is 4.14. The molecule has 2 heteroatoms. The molecule has 1 N–H and O–H groups in total. The van der Waals surface area contributed by atoms with Crippen molar-refractivity contribution < 1.29 is 9.90 Å². The van der Waals surface area contributed by atoms with Crippen molar-refractivity contribution in [3.05, 3.63) is 77.4 Å². The van der Waals surface area contributed by atoms with Crippen LogP contribution >= 0.6 is 0 Å². The first kappa shape index (κ1) is 14.3. The van der Waals surface area contributed by atoms with Crippen molar-refractivity contribution >= 4 is 16.6 Å². The van der Waals surface area contributed by atoms with Gasteiger partial charge in [0.25, 0.3) is 0 Å². The maximum Gasteiger partial charge on any atom is 0.141 e. The minimum absolute atomic E-state index is 0.0287. The number of hydrogen-bond donors (Lipinski definition) is 1. The van der Waals surface area contributed by atoms with E-state index in [9.17, 15) is 9.90 Å². The van der Waals surface area contributed by atoms with Crippen LogP contribution in [-0.4, -0.2) is 10.9 Å². The maximum atomic E-state index is 12.4. The van der Waals surface area contributed by atoms with Crippen molar-refractivity contribution in [1.82, 2.24) is 0 Å². The number of fused-ring (bicyclic) bond motifs is 1. The summed E-state index contributed by atoms with van der Waals surface area (Å²) in [7, 11) is 0. The Labute approximate surface area is 130 Å². The Bertz CT molecular complexity index is 849. The van der Waals surface area contributed by atoms with E-state index in [1.807, 2.05) is 61.5 Å². The summed E-state index contributed by atoms with van der Waals surface area (Å²) in [5.74, 6) is -0.254. The zero-order valence-corrected chi connectivity index (χ0v) is 12.7. The van der Waals surface area contributed by atoms with Crippen molar-refractivity contribution in [3.8, 4) is 5.75 Å². The third kappa shape index (κ3) is 2.37. The van der Waals surface area contributed by atoms with E-state index >= 15 is 0 Å². The highest BCUT2D eigenvalue weighted by atomic mass is 16.3. The van der Waals surface area contributed by atoms with Gasteiger partial charge in [0.05, 0.1) is 5.92 Å². The van der Waals surface area contributed by atoms with Gasteiger partial charge in [-0.2, -0.15) is 0 Å². The molecular formula is C20H18O2. The van der Waals surface area contributed by atoms with E-state index in [4.69, 9.17) is 0 Å². The summed E-state index contributed by atoms with van der Waals surface area (Å²) in [6, 6.07) is 19.2. The molecule has 0 amide bonds. The number of aromatic hydroxyl groups is 1. The third-order valence-electron chi connectivity index (χ3n) is 4.14. The summed E-state index contributed by atoms with van der Waals surface area (Å²) >= 11 is 0. The Hall–Kier alpha value is -2.61. The zero-order valence-electron chi connectivity index (χ0n) is 12.7. The van der Waals surface area contributed by atoms with E-state index in [1.54, 1.807) is 13.0 Å². The molecule has 0 aliphatic rings. The summed E-state index contributed by atoms with van der Waals surface area (Å²) in [4.78, 5) is 12.4. The van der Waals surface area contributed by atoms with E-state index in [0.29, 0.717) is 5.56 Å². The predicted octanol–water partition coefficient (Wildman–Crippen LogP) is 4.57. The van der Waals surface area contributed by atoms with Gasteiger partial charge in [-0.1, -0.05) is 54.6 Å². The van der Waals surface area contributed by atoms with Crippen LogP contribution in [0.2, 0.25) is 0 Å². The van der Waals surface area contributed by atoms with Crippen LogP contribution in [0, 0.1) is 6.92 Å². The molecule has 2 nitrogen and oxygen atoms in total. The number of aryl methyl sites for hydroxylation is 1. The number of hydrogen-bond acceptors (Lipinski definition) is 2. The Kier molecular flexibility index (Phi) is 3.68. The van der Waals surface area contributed by atoms with Gasteiger partial charge < -0.3 is 5.11 Å². The van der Waals surface area contributed by atoms with Crippen LogP contribution in [0.5, 0.6) is 5.75 Å². The first-order valence-corrected chi connectivity index (χ1v) is 7.36. The smallest absolute Gasteiger partial charge is 0.141 e. The molecule has 3 aromatic carbocycles. The SMILES string of the molecule is CC(=O)C(c1ccccc1C)c1c(O)ccc2ccccc12. The highest BCUT2D eigenvalue weighted by Gasteiger charge is 2.25. The van der Waals surface area contributed by atoms with Crippen molar-refractivity contribution in [2.24, 2.45) is 0 Å². The molecule has 0 spiro atoms. The highest BCUT2D eigenvalue weighted by molar-refractivity contribution is 5.96. The van der Waals surface area contributed by atoms with Gasteiger partial charge in [-0.15, -0.1) is 0 Å². The van der Waals surface area contributed by atoms with Crippen molar-refractivity contribution in [2.45, 2.75) is 19.8 Å².